The van der Waals surface area contributed by atoms with Crippen LogP contribution in [0.25, 0.3) is 0 Å². The molecule has 8 heteroatoms. The fourth-order valence-corrected chi connectivity index (χ4v) is 5.88. The third-order valence-electron chi connectivity index (χ3n) is 6.18. The van der Waals surface area contributed by atoms with Crippen LogP contribution in [-0.2, 0) is 14.8 Å². The number of anilines is 1. The van der Waals surface area contributed by atoms with Crippen molar-refractivity contribution in [1.82, 2.24) is 9.21 Å². The second-order valence-corrected chi connectivity index (χ2v) is 10.4. The topological polar surface area (TPSA) is 86.8 Å². The van der Waals surface area contributed by atoms with Crippen molar-refractivity contribution < 1.29 is 18.0 Å². The molecule has 4 rings (SSSR count). The van der Waals surface area contributed by atoms with Crippen LogP contribution in [0.1, 0.15) is 42.5 Å². The van der Waals surface area contributed by atoms with E-state index in [9.17, 15) is 18.0 Å². The van der Waals surface area contributed by atoms with Crippen LogP contribution >= 0.6 is 0 Å². The van der Waals surface area contributed by atoms with E-state index in [-0.39, 0.29) is 23.3 Å². The zero-order valence-corrected chi connectivity index (χ0v) is 18.9. The molecule has 2 amide bonds. The average Bonchev–Trinajstić information content (AvgIpc) is 2.85. The SMILES string of the molecule is O=C(Nc1ccc(C(=O)N2CCCCC2)cc1)C1CCCN(S(=O)(=O)c2ccccc2)C1. The molecule has 2 saturated heterocycles. The lowest BCUT2D eigenvalue weighted by Gasteiger charge is -2.31. The summed E-state index contributed by atoms with van der Waals surface area (Å²) in [4.78, 5) is 27.6. The third-order valence-corrected chi connectivity index (χ3v) is 8.06. The Kier molecular flexibility index (Phi) is 6.91. The lowest BCUT2D eigenvalue weighted by atomic mass is 9.98. The number of hydrogen-bond donors (Lipinski definition) is 1. The van der Waals surface area contributed by atoms with Crippen LogP contribution < -0.4 is 5.32 Å². The van der Waals surface area contributed by atoms with E-state index in [1.54, 1.807) is 54.6 Å². The van der Waals surface area contributed by atoms with Crippen molar-refractivity contribution in [2.45, 2.75) is 37.0 Å². The number of rotatable bonds is 5. The lowest BCUT2D eigenvalue weighted by molar-refractivity contribution is -0.120. The number of carbonyl (C=O) groups is 2. The minimum absolute atomic E-state index is 0.0246. The fourth-order valence-electron chi connectivity index (χ4n) is 4.34. The van der Waals surface area contributed by atoms with Crippen LogP contribution in [0.4, 0.5) is 5.69 Å². The van der Waals surface area contributed by atoms with Crippen LogP contribution in [0.15, 0.2) is 59.5 Å². The number of benzene rings is 2. The van der Waals surface area contributed by atoms with Crippen molar-refractivity contribution in [1.29, 1.82) is 0 Å². The molecular formula is C24H29N3O4S. The summed E-state index contributed by atoms with van der Waals surface area (Å²) in [7, 11) is -3.62. The second-order valence-electron chi connectivity index (χ2n) is 8.43. The highest BCUT2D eigenvalue weighted by molar-refractivity contribution is 7.89. The molecule has 2 fully saturated rings. The molecule has 2 aliphatic rings. The highest BCUT2D eigenvalue weighted by Crippen LogP contribution is 2.25. The van der Waals surface area contributed by atoms with Gasteiger partial charge in [0.25, 0.3) is 5.91 Å². The maximum atomic E-state index is 12.9. The molecular weight excluding hydrogens is 426 g/mol. The molecule has 0 saturated carbocycles. The van der Waals surface area contributed by atoms with E-state index < -0.39 is 15.9 Å². The van der Waals surface area contributed by atoms with E-state index in [0.717, 1.165) is 25.9 Å². The highest BCUT2D eigenvalue weighted by Gasteiger charge is 2.33. The number of piperidine rings is 2. The van der Waals surface area contributed by atoms with Gasteiger partial charge in [0.2, 0.25) is 15.9 Å². The minimum atomic E-state index is -3.62. The number of hydrogen-bond acceptors (Lipinski definition) is 4. The molecule has 2 aromatic carbocycles. The van der Waals surface area contributed by atoms with Gasteiger partial charge in [-0.2, -0.15) is 4.31 Å². The molecule has 0 radical (unpaired) electrons. The van der Waals surface area contributed by atoms with E-state index in [1.165, 1.54) is 10.7 Å². The standard InChI is InChI=1S/C24H29N3O4S/c28-23(20-8-7-17-27(18-20)32(30,31)22-9-3-1-4-10-22)25-21-13-11-19(12-14-21)24(29)26-15-5-2-6-16-26/h1,3-4,9-14,20H,2,5-8,15-18H2,(H,25,28). The number of nitrogens with zero attached hydrogens (tertiary/aromatic N) is 2. The number of nitrogens with one attached hydrogen (secondary N) is 1. The van der Waals surface area contributed by atoms with Gasteiger partial charge in [0.15, 0.2) is 0 Å². The summed E-state index contributed by atoms with van der Waals surface area (Å²) in [5, 5.41) is 2.88. The first-order valence-corrected chi connectivity index (χ1v) is 12.6. The van der Waals surface area contributed by atoms with Crippen LogP contribution in [0.2, 0.25) is 0 Å². The Morgan fingerprint density at radius 2 is 1.53 bits per heavy atom. The van der Waals surface area contributed by atoms with Crippen LogP contribution in [-0.4, -0.2) is 55.6 Å². The van der Waals surface area contributed by atoms with Gasteiger partial charge in [0.05, 0.1) is 10.8 Å². The minimum Gasteiger partial charge on any atom is -0.339 e. The molecule has 32 heavy (non-hydrogen) atoms. The summed E-state index contributed by atoms with van der Waals surface area (Å²) < 4.78 is 27.2. The van der Waals surface area contributed by atoms with Crippen molar-refractivity contribution in [2.75, 3.05) is 31.5 Å². The Labute approximate surface area is 189 Å². The summed E-state index contributed by atoms with van der Waals surface area (Å²) in [6.45, 7) is 2.16. The number of carbonyl (C=O) groups excluding carboxylic acids is 2. The summed E-state index contributed by atoms with van der Waals surface area (Å²) in [5.41, 5.74) is 1.22. The van der Waals surface area contributed by atoms with Crippen LogP contribution in [0, 0.1) is 5.92 Å². The molecule has 170 valence electrons. The maximum Gasteiger partial charge on any atom is 0.253 e. The Bertz CT molecular complexity index is 1050. The van der Waals surface area contributed by atoms with Gasteiger partial charge < -0.3 is 10.2 Å². The molecule has 0 aromatic heterocycles. The first kappa shape index (κ1) is 22.5. The maximum absolute atomic E-state index is 12.9. The van der Waals surface area contributed by atoms with E-state index in [4.69, 9.17) is 0 Å². The lowest BCUT2D eigenvalue weighted by Crippen LogP contribution is -2.43. The number of sulfonamides is 1. The van der Waals surface area contributed by atoms with Crippen LogP contribution in [0.3, 0.4) is 0 Å². The van der Waals surface area contributed by atoms with Gasteiger partial charge in [0.1, 0.15) is 0 Å². The predicted octanol–water partition coefficient (Wildman–Crippen LogP) is 3.35. The number of likely N-dealkylation sites (tertiary alicyclic amines) is 1. The summed E-state index contributed by atoms with van der Waals surface area (Å²) in [5.74, 6) is -0.596. The average molecular weight is 456 g/mol. The quantitative estimate of drug-likeness (QED) is 0.749. The molecule has 2 aromatic rings. The van der Waals surface area contributed by atoms with Crippen molar-refractivity contribution >= 4 is 27.5 Å². The molecule has 1 unspecified atom stereocenters. The molecule has 1 N–H and O–H groups in total. The van der Waals surface area contributed by atoms with Crippen molar-refractivity contribution in [2.24, 2.45) is 5.92 Å². The molecule has 7 nitrogen and oxygen atoms in total. The molecule has 1 atom stereocenters. The third kappa shape index (κ3) is 5.02. The smallest absolute Gasteiger partial charge is 0.253 e. The molecule has 0 aliphatic carbocycles. The van der Waals surface area contributed by atoms with Crippen molar-refractivity contribution in [3.05, 3.63) is 60.2 Å². The van der Waals surface area contributed by atoms with E-state index >= 15 is 0 Å². The zero-order chi connectivity index (χ0) is 22.6. The van der Waals surface area contributed by atoms with E-state index in [2.05, 4.69) is 5.32 Å². The van der Waals surface area contributed by atoms with Gasteiger partial charge in [-0.25, -0.2) is 8.42 Å². The molecule has 2 heterocycles. The second kappa shape index (κ2) is 9.83. The zero-order valence-electron chi connectivity index (χ0n) is 18.1. The summed E-state index contributed by atoms with van der Waals surface area (Å²) >= 11 is 0. The fraction of sp³-hybridized carbons (Fsp3) is 0.417. The Hall–Kier alpha value is -2.71. The Morgan fingerprint density at radius 3 is 2.22 bits per heavy atom. The van der Waals surface area contributed by atoms with Gasteiger partial charge in [-0.3, -0.25) is 9.59 Å². The van der Waals surface area contributed by atoms with Gasteiger partial charge in [-0.1, -0.05) is 18.2 Å². The monoisotopic (exact) mass is 455 g/mol. The summed E-state index contributed by atoms with van der Waals surface area (Å²) in [6, 6.07) is 15.3. The van der Waals surface area contributed by atoms with Crippen molar-refractivity contribution in [3.63, 3.8) is 0 Å². The first-order valence-electron chi connectivity index (χ1n) is 11.2. The Balaban J connectivity index is 1.37. The Morgan fingerprint density at radius 1 is 0.844 bits per heavy atom. The van der Waals surface area contributed by atoms with Gasteiger partial charge in [-0.05, 0) is 68.5 Å². The molecule has 2 aliphatic heterocycles. The number of amides is 2. The summed E-state index contributed by atoms with van der Waals surface area (Å²) in [6.07, 6.45) is 4.52. The largest absolute Gasteiger partial charge is 0.339 e. The van der Waals surface area contributed by atoms with Crippen molar-refractivity contribution in [3.8, 4) is 0 Å². The molecule has 0 spiro atoms. The first-order chi connectivity index (χ1) is 15.4. The van der Waals surface area contributed by atoms with E-state index in [0.29, 0.717) is 30.6 Å². The highest BCUT2D eigenvalue weighted by atomic mass is 32.2. The molecule has 0 bridgehead atoms. The van der Waals surface area contributed by atoms with Gasteiger partial charge in [0, 0.05) is 37.4 Å². The van der Waals surface area contributed by atoms with E-state index in [1.807, 2.05) is 4.90 Å². The predicted molar refractivity (Wildman–Crippen MR) is 123 cm³/mol. The normalized spacial score (nSPS) is 20.0. The van der Waals surface area contributed by atoms with Gasteiger partial charge in [-0.15, -0.1) is 0 Å². The van der Waals surface area contributed by atoms with Crippen LogP contribution in [0.5, 0.6) is 0 Å². The van der Waals surface area contributed by atoms with Gasteiger partial charge >= 0.3 is 0 Å².